The molecule has 0 bridgehead atoms. The fourth-order valence-corrected chi connectivity index (χ4v) is 4.66. The van der Waals surface area contributed by atoms with E-state index in [9.17, 15) is 14.7 Å². The number of carbonyl (C=O) groups excluding carboxylic acids is 2. The van der Waals surface area contributed by atoms with Gasteiger partial charge in [0.1, 0.15) is 17.3 Å². The summed E-state index contributed by atoms with van der Waals surface area (Å²) in [6.45, 7) is 8.36. The molecule has 0 aliphatic carbocycles. The van der Waals surface area contributed by atoms with Crippen LogP contribution in [0.3, 0.4) is 0 Å². The van der Waals surface area contributed by atoms with Crippen molar-refractivity contribution in [3.8, 4) is 11.5 Å². The van der Waals surface area contributed by atoms with E-state index in [4.69, 9.17) is 9.47 Å². The van der Waals surface area contributed by atoms with Crippen LogP contribution in [0.2, 0.25) is 0 Å². The molecule has 3 aromatic carbocycles. The number of likely N-dealkylation sites (tertiary alicyclic amines) is 1. The molecule has 1 atom stereocenters. The number of hydrogen-bond acceptors (Lipinski definition) is 5. The Hall–Kier alpha value is -4.06. The third kappa shape index (κ3) is 5.10. The lowest BCUT2D eigenvalue weighted by molar-refractivity contribution is -0.140. The zero-order chi connectivity index (χ0) is 26.9. The second kappa shape index (κ2) is 10.1. The van der Waals surface area contributed by atoms with E-state index >= 15 is 0 Å². The molecule has 4 rings (SSSR count). The molecule has 6 nitrogen and oxygen atoms in total. The molecule has 1 aliphatic heterocycles. The van der Waals surface area contributed by atoms with E-state index in [0.717, 1.165) is 22.3 Å². The molecule has 0 spiro atoms. The van der Waals surface area contributed by atoms with Crippen molar-refractivity contribution in [2.45, 2.75) is 45.7 Å². The van der Waals surface area contributed by atoms with Crippen LogP contribution in [0, 0.1) is 6.92 Å². The van der Waals surface area contributed by atoms with Gasteiger partial charge in [0.2, 0.25) is 0 Å². The van der Waals surface area contributed by atoms with E-state index in [1.165, 1.54) is 12.0 Å². The number of ether oxygens (including phenoxy) is 2. The van der Waals surface area contributed by atoms with Crippen molar-refractivity contribution in [2.75, 3.05) is 14.2 Å². The second-order valence-electron chi connectivity index (χ2n) is 10.4. The smallest absolute Gasteiger partial charge is 0.295 e. The minimum Gasteiger partial charge on any atom is -0.507 e. The normalized spacial score (nSPS) is 17.2. The summed E-state index contributed by atoms with van der Waals surface area (Å²) in [6, 6.07) is 19.8. The highest BCUT2D eigenvalue weighted by Gasteiger charge is 2.46. The highest BCUT2D eigenvalue weighted by molar-refractivity contribution is 6.46. The summed E-state index contributed by atoms with van der Waals surface area (Å²) < 4.78 is 10.8. The van der Waals surface area contributed by atoms with Crippen LogP contribution in [0.4, 0.5) is 0 Å². The predicted octanol–water partition coefficient (Wildman–Crippen LogP) is 5.93. The number of aryl methyl sites for hydroxylation is 1. The van der Waals surface area contributed by atoms with E-state index in [2.05, 4.69) is 20.8 Å². The van der Waals surface area contributed by atoms with Crippen LogP contribution in [-0.2, 0) is 21.5 Å². The molecule has 0 aromatic heterocycles. The average Bonchev–Trinajstić information content (AvgIpc) is 3.12. The highest BCUT2D eigenvalue weighted by atomic mass is 16.5. The maximum atomic E-state index is 13.5. The standard InChI is InChI=1S/C31H33NO5/c1-19-8-7-9-21(16-19)27-26(28(33)24-17-22(31(2,3)4)12-15-25(24)37-6)29(34)30(35)32(27)18-20-10-13-23(36-5)14-11-20/h7-17,27,33H,18H2,1-6H3/b28-26+. The summed E-state index contributed by atoms with van der Waals surface area (Å²) in [5, 5.41) is 11.6. The zero-order valence-electron chi connectivity index (χ0n) is 22.2. The first-order valence-corrected chi connectivity index (χ1v) is 12.2. The predicted molar refractivity (Wildman–Crippen MR) is 144 cm³/mol. The Morgan fingerprint density at radius 3 is 2.24 bits per heavy atom. The van der Waals surface area contributed by atoms with Gasteiger partial charge in [-0.15, -0.1) is 0 Å². The Morgan fingerprint density at radius 1 is 0.946 bits per heavy atom. The maximum Gasteiger partial charge on any atom is 0.295 e. The topological polar surface area (TPSA) is 76.1 Å². The number of Topliss-reactive ketones (excluding diaryl/α,β-unsaturated/α-hetero) is 1. The molecule has 1 fully saturated rings. The van der Waals surface area contributed by atoms with Crippen molar-refractivity contribution < 1.29 is 24.2 Å². The van der Waals surface area contributed by atoms with Crippen molar-refractivity contribution in [3.05, 3.63) is 100 Å². The van der Waals surface area contributed by atoms with Crippen molar-refractivity contribution in [1.29, 1.82) is 0 Å². The van der Waals surface area contributed by atoms with Gasteiger partial charge in [-0.25, -0.2) is 0 Å². The van der Waals surface area contributed by atoms with Gasteiger partial charge in [0.15, 0.2) is 0 Å². The number of rotatable bonds is 6. The summed E-state index contributed by atoms with van der Waals surface area (Å²) in [6.07, 6.45) is 0. The molecule has 1 amide bonds. The van der Waals surface area contributed by atoms with Crippen molar-refractivity contribution in [2.24, 2.45) is 0 Å². The number of methoxy groups -OCH3 is 2. The number of aliphatic hydroxyl groups is 1. The molecule has 3 aromatic rings. The molecule has 1 N–H and O–H groups in total. The van der Waals surface area contributed by atoms with E-state index in [1.54, 1.807) is 13.2 Å². The van der Waals surface area contributed by atoms with Crippen LogP contribution < -0.4 is 9.47 Å². The van der Waals surface area contributed by atoms with Gasteiger partial charge in [0.05, 0.1) is 31.4 Å². The van der Waals surface area contributed by atoms with Crippen LogP contribution in [0.15, 0.2) is 72.3 Å². The van der Waals surface area contributed by atoms with Gasteiger partial charge in [0, 0.05) is 6.54 Å². The maximum absolute atomic E-state index is 13.5. The number of ketones is 1. The monoisotopic (exact) mass is 499 g/mol. The van der Waals surface area contributed by atoms with Gasteiger partial charge >= 0.3 is 0 Å². The van der Waals surface area contributed by atoms with E-state index < -0.39 is 17.7 Å². The van der Waals surface area contributed by atoms with Crippen molar-refractivity contribution in [3.63, 3.8) is 0 Å². The van der Waals surface area contributed by atoms with Gasteiger partial charge < -0.3 is 19.5 Å². The summed E-state index contributed by atoms with van der Waals surface area (Å²) in [7, 11) is 3.11. The third-order valence-electron chi connectivity index (χ3n) is 6.73. The Balaban J connectivity index is 1.90. The lowest BCUT2D eigenvalue weighted by atomic mass is 9.85. The largest absolute Gasteiger partial charge is 0.507 e. The number of aliphatic hydroxyl groups excluding tert-OH is 1. The fourth-order valence-electron chi connectivity index (χ4n) is 4.66. The highest BCUT2D eigenvalue weighted by Crippen LogP contribution is 2.42. The summed E-state index contributed by atoms with van der Waals surface area (Å²) in [5.74, 6) is -0.498. The lowest BCUT2D eigenvalue weighted by Crippen LogP contribution is -2.29. The van der Waals surface area contributed by atoms with Crippen LogP contribution in [0.1, 0.15) is 54.6 Å². The van der Waals surface area contributed by atoms with Gasteiger partial charge in [0.25, 0.3) is 11.7 Å². The Kier molecular flexibility index (Phi) is 7.12. The fraction of sp³-hybridized carbons (Fsp3) is 0.290. The molecule has 0 radical (unpaired) electrons. The third-order valence-corrected chi connectivity index (χ3v) is 6.73. The zero-order valence-corrected chi connectivity index (χ0v) is 22.2. The first-order chi connectivity index (χ1) is 17.5. The molecule has 1 aliphatic rings. The molecule has 37 heavy (non-hydrogen) atoms. The summed E-state index contributed by atoms with van der Waals surface area (Å²) in [5.41, 5.74) is 3.78. The van der Waals surface area contributed by atoms with E-state index in [-0.39, 0.29) is 23.3 Å². The van der Waals surface area contributed by atoms with Crippen LogP contribution >= 0.6 is 0 Å². The second-order valence-corrected chi connectivity index (χ2v) is 10.4. The molecule has 6 heteroatoms. The molecular weight excluding hydrogens is 466 g/mol. The van der Waals surface area contributed by atoms with Gasteiger partial charge in [-0.2, -0.15) is 0 Å². The van der Waals surface area contributed by atoms with E-state index in [0.29, 0.717) is 17.1 Å². The molecule has 1 unspecified atom stereocenters. The summed E-state index contributed by atoms with van der Waals surface area (Å²) in [4.78, 5) is 28.4. The van der Waals surface area contributed by atoms with Gasteiger partial charge in [-0.1, -0.05) is 68.8 Å². The Labute approximate surface area is 218 Å². The SMILES string of the molecule is COc1ccc(CN2C(=O)C(=O)/C(=C(/O)c3cc(C(C)(C)C)ccc3OC)C2c2cccc(C)c2)cc1. The average molecular weight is 500 g/mol. The van der Waals surface area contributed by atoms with Crippen molar-refractivity contribution >= 4 is 17.4 Å². The number of hydrogen-bond donors (Lipinski definition) is 1. The van der Waals surface area contributed by atoms with Gasteiger partial charge in [-0.05, 0) is 53.3 Å². The van der Waals surface area contributed by atoms with Crippen LogP contribution in [0.25, 0.3) is 5.76 Å². The van der Waals surface area contributed by atoms with E-state index in [1.807, 2.05) is 67.6 Å². The first-order valence-electron chi connectivity index (χ1n) is 12.2. The van der Waals surface area contributed by atoms with Gasteiger partial charge in [-0.3, -0.25) is 9.59 Å². The minimum atomic E-state index is -0.759. The first kappa shape index (κ1) is 26.0. The number of carbonyl (C=O) groups is 2. The number of benzene rings is 3. The van der Waals surface area contributed by atoms with Crippen LogP contribution in [0.5, 0.6) is 11.5 Å². The quantitative estimate of drug-likeness (QED) is 0.258. The Bertz CT molecular complexity index is 1370. The van der Waals surface area contributed by atoms with Crippen molar-refractivity contribution in [1.82, 2.24) is 4.90 Å². The molecule has 0 saturated carbocycles. The number of amides is 1. The minimum absolute atomic E-state index is 0.0495. The number of nitrogens with zero attached hydrogens (tertiary/aromatic N) is 1. The lowest BCUT2D eigenvalue weighted by Gasteiger charge is -2.26. The molecule has 1 heterocycles. The molecule has 192 valence electrons. The van der Waals surface area contributed by atoms with Crippen LogP contribution in [-0.4, -0.2) is 35.9 Å². The molecular formula is C31H33NO5. The summed E-state index contributed by atoms with van der Waals surface area (Å²) >= 11 is 0. The molecule has 1 saturated heterocycles. The Morgan fingerprint density at radius 2 is 1.65 bits per heavy atom.